The lowest BCUT2D eigenvalue weighted by Crippen LogP contribution is -2.25. The highest BCUT2D eigenvalue weighted by molar-refractivity contribution is 5.99. The van der Waals surface area contributed by atoms with E-state index in [0.717, 1.165) is 43.2 Å². The number of hydrogen-bond acceptors (Lipinski definition) is 3. The maximum atomic E-state index is 12.4. The largest absolute Gasteiger partial charge is 0.453 e. The number of carbonyl (C=O) groups is 1. The van der Waals surface area contributed by atoms with E-state index in [1.165, 1.54) is 0 Å². The van der Waals surface area contributed by atoms with E-state index in [2.05, 4.69) is 0 Å². The predicted octanol–water partition coefficient (Wildman–Crippen LogP) is 3.38. The second kappa shape index (κ2) is 5.17. The number of fused-ring (bicyclic) bond motifs is 1. The number of benzene rings is 1. The summed E-state index contributed by atoms with van der Waals surface area (Å²) in [4.78, 5) is 12.4. The Morgan fingerprint density at radius 3 is 2.63 bits per heavy atom. The van der Waals surface area contributed by atoms with Gasteiger partial charge in [0.05, 0.1) is 0 Å². The number of carbonyl (C=O) groups excluding carboxylic acids is 1. The molecule has 0 bridgehead atoms. The number of hydrogen-bond donors (Lipinski definition) is 1. The van der Waals surface area contributed by atoms with Gasteiger partial charge in [-0.2, -0.15) is 0 Å². The lowest BCUT2D eigenvalue weighted by atomic mass is 9.79. The minimum Gasteiger partial charge on any atom is -0.453 e. The smallest absolute Gasteiger partial charge is 0.201 e. The van der Waals surface area contributed by atoms with Gasteiger partial charge >= 0.3 is 0 Å². The van der Waals surface area contributed by atoms with E-state index >= 15 is 0 Å². The van der Waals surface area contributed by atoms with E-state index in [0.29, 0.717) is 11.7 Å². The molecule has 0 radical (unpaired) electrons. The number of rotatable bonds is 3. The summed E-state index contributed by atoms with van der Waals surface area (Å²) in [7, 11) is 0. The summed E-state index contributed by atoms with van der Waals surface area (Å²) in [6, 6.07) is 9.62. The van der Waals surface area contributed by atoms with E-state index in [1.54, 1.807) is 0 Å². The Bertz CT molecular complexity index is 546. The van der Waals surface area contributed by atoms with Crippen molar-refractivity contribution in [3.05, 3.63) is 36.1 Å². The molecule has 0 aliphatic heterocycles. The minimum atomic E-state index is 0.114. The van der Waals surface area contributed by atoms with Gasteiger partial charge in [0.1, 0.15) is 5.58 Å². The molecular weight excluding hydrogens is 238 g/mol. The second-order valence-corrected chi connectivity index (χ2v) is 5.47. The maximum Gasteiger partial charge on any atom is 0.201 e. The summed E-state index contributed by atoms with van der Waals surface area (Å²) in [5, 5.41) is 1.00. The standard InChI is InChI=1S/C16H19NO2/c17-10-11-5-7-12(8-6-11)16(18)15-9-13-3-1-2-4-14(13)19-15/h1-4,9,11-12H,5-8,10,17H2. The molecule has 0 amide bonds. The first-order valence-corrected chi connectivity index (χ1v) is 7.01. The molecule has 1 fully saturated rings. The molecule has 1 aromatic carbocycles. The fraction of sp³-hybridized carbons (Fsp3) is 0.438. The number of ketones is 1. The van der Waals surface area contributed by atoms with Crippen LogP contribution in [0.3, 0.4) is 0 Å². The lowest BCUT2D eigenvalue weighted by Gasteiger charge is -2.25. The molecule has 0 atom stereocenters. The van der Waals surface area contributed by atoms with Crippen molar-refractivity contribution >= 4 is 16.8 Å². The number of para-hydroxylation sites is 1. The van der Waals surface area contributed by atoms with Crippen LogP contribution in [0.4, 0.5) is 0 Å². The summed E-state index contributed by atoms with van der Waals surface area (Å²) in [5.41, 5.74) is 6.48. The molecule has 1 heterocycles. The molecule has 1 aliphatic carbocycles. The van der Waals surface area contributed by atoms with Gasteiger partial charge in [-0.1, -0.05) is 18.2 Å². The second-order valence-electron chi connectivity index (χ2n) is 5.47. The van der Waals surface area contributed by atoms with Crippen LogP contribution in [-0.2, 0) is 0 Å². The van der Waals surface area contributed by atoms with Crippen LogP contribution in [0.2, 0.25) is 0 Å². The average Bonchev–Trinajstić information content (AvgIpc) is 2.90. The third-order valence-corrected chi connectivity index (χ3v) is 4.22. The molecule has 2 aromatic rings. The Morgan fingerprint density at radius 1 is 1.21 bits per heavy atom. The maximum absolute atomic E-state index is 12.4. The van der Waals surface area contributed by atoms with Gasteiger partial charge < -0.3 is 10.2 Å². The van der Waals surface area contributed by atoms with Crippen molar-refractivity contribution in [2.75, 3.05) is 6.54 Å². The van der Waals surface area contributed by atoms with Crippen LogP contribution in [-0.4, -0.2) is 12.3 Å². The van der Waals surface area contributed by atoms with Crippen LogP contribution in [0, 0.1) is 11.8 Å². The molecule has 3 rings (SSSR count). The summed E-state index contributed by atoms with van der Waals surface area (Å²) in [6.45, 7) is 0.742. The molecule has 1 aromatic heterocycles. The van der Waals surface area contributed by atoms with Crippen molar-refractivity contribution < 1.29 is 9.21 Å². The topological polar surface area (TPSA) is 56.2 Å². The molecule has 1 aliphatic rings. The summed E-state index contributed by atoms with van der Waals surface area (Å²) >= 11 is 0. The fourth-order valence-electron chi connectivity index (χ4n) is 2.96. The molecule has 1 saturated carbocycles. The van der Waals surface area contributed by atoms with Crippen molar-refractivity contribution in [1.29, 1.82) is 0 Å². The highest BCUT2D eigenvalue weighted by Crippen LogP contribution is 2.31. The molecule has 3 nitrogen and oxygen atoms in total. The monoisotopic (exact) mass is 257 g/mol. The summed E-state index contributed by atoms with van der Waals surface area (Å²) < 4.78 is 5.66. The van der Waals surface area contributed by atoms with Crippen LogP contribution in [0.1, 0.15) is 36.2 Å². The minimum absolute atomic E-state index is 0.114. The zero-order valence-corrected chi connectivity index (χ0v) is 11.0. The Morgan fingerprint density at radius 2 is 1.95 bits per heavy atom. The van der Waals surface area contributed by atoms with E-state index in [9.17, 15) is 4.79 Å². The van der Waals surface area contributed by atoms with Gasteiger partial charge in [0.2, 0.25) is 5.78 Å². The van der Waals surface area contributed by atoms with Crippen LogP contribution >= 0.6 is 0 Å². The van der Waals surface area contributed by atoms with Gasteiger partial charge in [0.15, 0.2) is 5.76 Å². The zero-order valence-electron chi connectivity index (χ0n) is 11.0. The van der Waals surface area contributed by atoms with Gasteiger partial charge in [0, 0.05) is 11.3 Å². The first kappa shape index (κ1) is 12.4. The van der Waals surface area contributed by atoms with Crippen LogP contribution in [0.5, 0.6) is 0 Å². The van der Waals surface area contributed by atoms with Crippen molar-refractivity contribution in [2.45, 2.75) is 25.7 Å². The Hall–Kier alpha value is -1.61. The zero-order chi connectivity index (χ0) is 13.2. The summed E-state index contributed by atoms with van der Waals surface area (Å²) in [5.74, 6) is 1.38. The number of Topliss-reactive ketones (excluding diaryl/α,β-unsaturated/α-hetero) is 1. The van der Waals surface area contributed by atoms with E-state index in [-0.39, 0.29) is 11.7 Å². The van der Waals surface area contributed by atoms with E-state index in [1.807, 2.05) is 30.3 Å². The highest BCUT2D eigenvalue weighted by atomic mass is 16.3. The van der Waals surface area contributed by atoms with Crippen molar-refractivity contribution in [2.24, 2.45) is 17.6 Å². The predicted molar refractivity (Wildman–Crippen MR) is 75.0 cm³/mol. The molecule has 0 spiro atoms. The molecule has 19 heavy (non-hydrogen) atoms. The van der Waals surface area contributed by atoms with Gasteiger partial charge in [-0.25, -0.2) is 0 Å². The van der Waals surface area contributed by atoms with Gasteiger partial charge in [-0.05, 0) is 50.3 Å². The average molecular weight is 257 g/mol. The van der Waals surface area contributed by atoms with Crippen LogP contribution in [0.25, 0.3) is 11.0 Å². The summed E-state index contributed by atoms with van der Waals surface area (Å²) in [6.07, 6.45) is 4.01. The van der Waals surface area contributed by atoms with Gasteiger partial charge in [0.25, 0.3) is 0 Å². The molecule has 3 heteroatoms. The Kier molecular flexibility index (Phi) is 3.38. The van der Waals surface area contributed by atoms with Gasteiger partial charge in [-0.15, -0.1) is 0 Å². The fourth-order valence-corrected chi connectivity index (χ4v) is 2.96. The molecule has 0 saturated heterocycles. The van der Waals surface area contributed by atoms with E-state index in [4.69, 9.17) is 10.2 Å². The Balaban J connectivity index is 1.77. The van der Waals surface area contributed by atoms with Gasteiger partial charge in [-0.3, -0.25) is 4.79 Å². The van der Waals surface area contributed by atoms with Crippen molar-refractivity contribution in [3.63, 3.8) is 0 Å². The molecule has 0 unspecified atom stereocenters. The van der Waals surface area contributed by atoms with E-state index < -0.39 is 0 Å². The molecule has 100 valence electrons. The number of nitrogens with two attached hydrogens (primary N) is 1. The molecule has 2 N–H and O–H groups in total. The lowest BCUT2D eigenvalue weighted by molar-refractivity contribution is 0.0847. The third-order valence-electron chi connectivity index (χ3n) is 4.22. The first-order chi connectivity index (χ1) is 9.28. The SMILES string of the molecule is NCC1CCC(C(=O)c2cc3ccccc3o2)CC1. The van der Waals surface area contributed by atoms with Crippen molar-refractivity contribution in [1.82, 2.24) is 0 Å². The van der Waals surface area contributed by atoms with Crippen LogP contribution < -0.4 is 5.73 Å². The number of furan rings is 1. The highest BCUT2D eigenvalue weighted by Gasteiger charge is 2.28. The van der Waals surface area contributed by atoms with Crippen molar-refractivity contribution in [3.8, 4) is 0 Å². The quantitative estimate of drug-likeness (QED) is 0.857. The van der Waals surface area contributed by atoms with Crippen LogP contribution in [0.15, 0.2) is 34.7 Å². The third kappa shape index (κ3) is 2.43. The normalized spacial score (nSPS) is 23.6. The Labute approximate surface area is 112 Å². The first-order valence-electron chi connectivity index (χ1n) is 7.01. The molecular formula is C16H19NO2.